The zero-order chi connectivity index (χ0) is 9.14. The summed E-state index contributed by atoms with van der Waals surface area (Å²) < 4.78 is 2.27. The Hall–Kier alpha value is -0.260. The Balaban J connectivity index is 2.75. The van der Waals surface area contributed by atoms with Crippen LogP contribution in [-0.2, 0) is 6.54 Å². The van der Waals surface area contributed by atoms with Crippen molar-refractivity contribution in [3.8, 4) is 0 Å². The average molecular weight is 272 g/mol. The lowest BCUT2D eigenvalue weighted by Gasteiger charge is -1.94. The van der Waals surface area contributed by atoms with Crippen molar-refractivity contribution in [1.29, 1.82) is 0 Å². The summed E-state index contributed by atoms with van der Waals surface area (Å²) in [5, 5.41) is 3.86. The van der Waals surface area contributed by atoms with Crippen LogP contribution < -0.4 is 5.73 Å². The van der Waals surface area contributed by atoms with Crippen LogP contribution in [0.3, 0.4) is 0 Å². The van der Waals surface area contributed by atoms with E-state index in [1.807, 2.05) is 0 Å². The monoisotopic (exact) mass is 270 g/mol. The maximum absolute atomic E-state index is 5.41. The first-order chi connectivity index (χ1) is 5.59. The summed E-state index contributed by atoms with van der Waals surface area (Å²) in [5.41, 5.74) is 5.33. The quantitative estimate of drug-likeness (QED) is 0.895. The zero-order valence-corrected chi connectivity index (χ0v) is 8.94. The Morgan fingerprint density at radius 1 is 1.67 bits per heavy atom. The second kappa shape index (κ2) is 4.11. The molecule has 0 bridgehead atoms. The molecule has 0 atom stereocenters. The first-order valence-electron chi connectivity index (χ1n) is 2.96. The van der Waals surface area contributed by atoms with Gasteiger partial charge in [0.1, 0.15) is 4.49 Å². The first-order valence-corrected chi connectivity index (χ1v) is 4.51. The Labute approximate surface area is 87.5 Å². The number of nitrogens with two attached hydrogens (primary N) is 1. The molecule has 0 fully saturated rings. The van der Waals surface area contributed by atoms with Gasteiger partial charge in [-0.15, -0.1) is 5.10 Å². The smallest absolute Gasteiger partial charge is 0.240 e. The highest BCUT2D eigenvalue weighted by molar-refractivity contribution is 9.10. The minimum atomic E-state index is 0.191. The van der Waals surface area contributed by atoms with Crippen molar-refractivity contribution in [1.82, 2.24) is 14.8 Å². The Morgan fingerprint density at radius 3 is 2.75 bits per heavy atom. The number of halogens is 3. The summed E-state index contributed by atoms with van der Waals surface area (Å²) in [6.07, 6.45) is 1.59. The third kappa shape index (κ3) is 2.66. The molecule has 66 valence electrons. The molecule has 0 amide bonds. The lowest BCUT2D eigenvalue weighted by atomic mass is 10.6. The van der Waals surface area contributed by atoms with E-state index in [2.05, 4.69) is 26.0 Å². The van der Waals surface area contributed by atoms with Crippen LogP contribution in [0, 0.1) is 0 Å². The maximum Gasteiger partial charge on any atom is 0.240 e. The molecular formula is C5H5BrCl2N4. The lowest BCUT2D eigenvalue weighted by molar-refractivity contribution is 0.684. The normalized spacial score (nSPS) is 9.92. The summed E-state index contributed by atoms with van der Waals surface area (Å²) >= 11 is 14.0. The molecule has 0 aliphatic rings. The van der Waals surface area contributed by atoms with E-state index in [9.17, 15) is 0 Å². The molecule has 0 unspecified atom stereocenters. The van der Waals surface area contributed by atoms with Crippen molar-refractivity contribution < 1.29 is 0 Å². The molecule has 7 heteroatoms. The zero-order valence-electron chi connectivity index (χ0n) is 5.84. The standard InChI is InChI=1S/C5H5BrCl2N4/c6-4-10-5(9)11-12(4)2-1-3(7)8/h1H,2H2,(H2,9,11). The fraction of sp³-hybridized carbons (Fsp3) is 0.200. The number of hydrogen-bond donors (Lipinski definition) is 1. The highest BCUT2D eigenvalue weighted by Gasteiger charge is 2.01. The molecule has 1 rings (SSSR count). The van der Waals surface area contributed by atoms with E-state index in [1.165, 1.54) is 4.68 Å². The van der Waals surface area contributed by atoms with Gasteiger partial charge in [0.25, 0.3) is 0 Å². The van der Waals surface area contributed by atoms with Crippen molar-refractivity contribution in [3.63, 3.8) is 0 Å². The van der Waals surface area contributed by atoms with Crippen LogP contribution in [0.1, 0.15) is 0 Å². The van der Waals surface area contributed by atoms with Gasteiger partial charge in [0.2, 0.25) is 5.95 Å². The van der Waals surface area contributed by atoms with Crippen molar-refractivity contribution in [2.45, 2.75) is 6.54 Å². The maximum atomic E-state index is 5.41. The number of hydrogen-bond acceptors (Lipinski definition) is 3. The molecule has 1 aromatic rings. The average Bonchev–Trinajstić information content (AvgIpc) is 2.26. The summed E-state index contributed by atoms with van der Waals surface area (Å²) in [7, 11) is 0. The molecule has 1 aromatic heterocycles. The van der Waals surface area contributed by atoms with Crippen LogP contribution in [0.5, 0.6) is 0 Å². The van der Waals surface area contributed by atoms with E-state index >= 15 is 0 Å². The Kier molecular flexibility index (Phi) is 3.37. The van der Waals surface area contributed by atoms with Crippen LogP contribution in [0.4, 0.5) is 5.95 Å². The van der Waals surface area contributed by atoms with Gasteiger partial charge in [-0.3, -0.25) is 0 Å². The van der Waals surface area contributed by atoms with Gasteiger partial charge in [0, 0.05) is 0 Å². The largest absolute Gasteiger partial charge is 0.366 e. The highest BCUT2D eigenvalue weighted by atomic mass is 79.9. The fourth-order valence-corrected chi connectivity index (χ4v) is 1.15. The number of aromatic nitrogens is 3. The molecule has 2 N–H and O–H groups in total. The van der Waals surface area contributed by atoms with E-state index < -0.39 is 0 Å². The minimum Gasteiger partial charge on any atom is -0.366 e. The van der Waals surface area contributed by atoms with E-state index in [1.54, 1.807) is 6.08 Å². The first kappa shape index (κ1) is 9.83. The molecule has 1 heterocycles. The number of rotatable bonds is 2. The molecular weight excluding hydrogens is 267 g/mol. The van der Waals surface area contributed by atoms with Gasteiger partial charge in [-0.2, -0.15) is 4.98 Å². The van der Waals surface area contributed by atoms with Crippen LogP contribution in [0.2, 0.25) is 0 Å². The highest BCUT2D eigenvalue weighted by Crippen LogP contribution is 2.10. The third-order valence-corrected chi connectivity index (χ3v) is 1.96. The van der Waals surface area contributed by atoms with E-state index in [0.29, 0.717) is 11.3 Å². The van der Waals surface area contributed by atoms with Crippen molar-refractivity contribution in [2.24, 2.45) is 0 Å². The number of nitrogen functional groups attached to an aromatic ring is 1. The molecule has 0 aliphatic heterocycles. The molecule has 0 aliphatic carbocycles. The molecule has 0 saturated carbocycles. The molecule has 0 aromatic carbocycles. The Morgan fingerprint density at radius 2 is 2.33 bits per heavy atom. The molecule has 0 spiro atoms. The number of anilines is 1. The topological polar surface area (TPSA) is 56.7 Å². The minimum absolute atomic E-state index is 0.191. The van der Waals surface area contributed by atoms with Crippen LogP contribution >= 0.6 is 39.1 Å². The number of nitrogens with zero attached hydrogens (tertiary/aromatic N) is 3. The molecule has 0 saturated heterocycles. The molecule has 4 nitrogen and oxygen atoms in total. The van der Waals surface area contributed by atoms with Crippen molar-refractivity contribution in [2.75, 3.05) is 5.73 Å². The van der Waals surface area contributed by atoms with Gasteiger partial charge >= 0.3 is 0 Å². The fourth-order valence-electron chi connectivity index (χ4n) is 0.611. The van der Waals surface area contributed by atoms with Crippen LogP contribution in [0.15, 0.2) is 15.3 Å². The Bertz CT molecular complexity index is 304. The summed E-state index contributed by atoms with van der Waals surface area (Å²) in [4.78, 5) is 3.82. The summed E-state index contributed by atoms with van der Waals surface area (Å²) in [6.45, 7) is 0.438. The molecule has 12 heavy (non-hydrogen) atoms. The van der Waals surface area contributed by atoms with Gasteiger partial charge < -0.3 is 5.73 Å². The number of allylic oxidation sites excluding steroid dienone is 1. The summed E-state index contributed by atoms with van der Waals surface area (Å²) in [5.74, 6) is 0.209. The van der Waals surface area contributed by atoms with Gasteiger partial charge in [0.15, 0.2) is 4.73 Å². The van der Waals surface area contributed by atoms with Gasteiger partial charge in [-0.25, -0.2) is 4.68 Å². The van der Waals surface area contributed by atoms with Crippen molar-refractivity contribution in [3.05, 3.63) is 15.3 Å². The lowest BCUT2D eigenvalue weighted by Crippen LogP contribution is -1.98. The van der Waals surface area contributed by atoms with Crippen LogP contribution in [-0.4, -0.2) is 14.8 Å². The van der Waals surface area contributed by atoms with E-state index in [4.69, 9.17) is 28.9 Å². The predicted molar refractivity (Wildman–Crippen MR) is 51.9 cm³/mol. The van der Waals surface area contributed by atoms with Gasteiger partial charge in [-0.05, 0) is 22.0 Å². The second-order valence-corrected chi connectivity index (χ2v) is 3.63. The summed E-state index contributed by atoms with van der Waals surface area (Å²) in [6, 6.07) is 0. The van der Waals surface area contributed by atoms with Gasteiger partial charge in [-0.1, -0.05) is 23.2 Å². The van der Waals surface area contributed by atoms with E-state index in [0.717, 1.165) is 0 Å². The third-order valence-electron chi connectivity index (χ3n) is 1.06. The molecule has 0 radical (unpaired) electrons. The van der Waals surface area contributed by atoms with Crippen molar-refractivity contribution >= 4 is 45.1 Å². The van der Waals surface area contributed by atoms with E-state index in [-0.39, 0.29) is 10.4 Å². The SMILES string of the molecule is Nc1nc(Br)n(CC=C(Cl)Cl)n1. The van der Waals surface area contributed by atoms with Gasteiger partial charge in [0.05, 0.1) is 6.54 Å². The van der Waals surface area contributed by atoms with Crippen LogP contribution in [0.25, 0.3) is 0 Å². The predicted octanol–water partition coefficient (Wildman–Crippen LogP) is 1.94. The second-order valence-electron chi connectivity index (χ2n) is 1.91.